The molecule has 1 atom stereocenters. The number of rotatable bonds is 4. The van der Waals surface area contributed by atoms with Crippen molar-refractivity contribution in [2.24, 2.45) is 0 Å². The number of carbonyl (C=O) groups is 1. The van der Waals surface area contributed by atoms with Gasteiger partial charge in [-0.2, -0.15) is 0 Å². The Bertz CT molecular complexity index is 924. The van der Waals surface area contributed by atoms with Crippen molar-refractivity contribution in [3.8, 4) is 0 Å². The van der Waals surface area contributed by atoms with Gasteiger partial charge in [-0.15, -0.1) is 11.3 Å². The summed E-state index contributed by atoms with van der Waals surface area (Å²) in [7, 11) is 0. The van der Waals surface area contributed by atoms with Crippen LogP contribution >= 0.6 is 11.3 Å². The standard InChI is InChI=1S/C21H23N3O2S/c25-21(18-10-9-15(26-18)14-23-11-3-4-12-23)24-13-5-7-17(24)20-22-16-6-1-2-8-19(16)27-20/h1-2,6,8-10,17H,3-5,7,11-14H2. The largest absolute Gasteiger partial charge is 0.455 e. The molecule has 3 aromatic rings. The molecule has 6 heteroatoms. The zero-order valence-electron chi connectivity index (χ0n) is 15.3. The Hall–Kier alpha value is -2.18. The third kappa shape index (κ3) is 3.28. The van der Waals surface area contributed by atoms with Gasteiger partial charge < -0.3 is 9.32 Å². The van der Waals surface area contributed by atoms with E-state index in [-0.39, 0.29) is 11.9 Å². The molecular weight excluding hydrogens is 358 g/mol. The molecule has 0 spiro atoms. The van der Waals surface area contributed by atoms with Crippen molar-refractivity contribution in [1.82, 2.24) is 14.8 Å². The summed E-state index contributed by atoms with van der Waals surface area (Å²) in [4.78, 5) is 22.2. The van der Waals surface area contributed by atoms with E-state index in [0.717, 1.165) is 55.3 Å². The number of amides is 1. The molecule has 2 aromatic heterocycles. The lowest BCUT2D eigenvalue weighted by atomic mass is 10.2. The van der Waals surface area contributed by atoms with E-state index in [4.69, 9.17) is 9.40 Å². The predicted molar refractivity (Wildman–Crippen MR) is 106 cm³/mol. The second-order valence-corrected chi connectivity index (χ2v) is 8.49. The third-order valence-corrected chi connectivity index (χ3v) is 6.70. The van der Waals surface area contributed by atoms with E-state index in [1.54, 1.807) is 11.3 Å². The second-order valence-electron chi connectivity index (χ2n) is 7.43. The summed E-state index contributed by atoms with van der Waals surface area (Å²) in [5.74, 6) is 1.33. The number of nitrogens with zero attached hydrogens (tertiary/aromatic N) is 3. The van der Waals surface area contributed by atoms with Crippen molar-refractivity contribution in [1.29, 1.82) is 0 Å². The van der Waals surface area contributed by atoms with Gasteiger partial charge in [-0.3, -0.25) is 9.69 Å². The van der Waals surface area contributed by atoms with Crippen molar-refractivity contribution in [3.63, 3.8) is 0 Å². The molecular formula is C21H23N3O2S. The second kappa shape index (κ2) is 7.09. The summed E-state index contributed by atoms with van der Waals surface area (Å²) >= 11 is 1.70. The number of para-hydroxylation sites is 1. The van der Waals surface area contributed by atoms with Gasteiger partial charge in [0.05, 0.1) is 22.8 Å². The lowest BCUT2D eigenvalue weighted by molar-refractivity contribution is 0.0699. The molecule has 140 valence electrons. The van der Waals surface area contributed by atoms with Gasteiger partial charge in [-0.25, -0.2) is 4.98 Å². The van der Waals surface area contributed by atoms with Gasteiger partial charge in [-0.05, 0) is 63.0 Å². The van der Waals surface area contributed by atoms with Crippen molar-refractivity contribution in [3.05, 3.63) is 52.9 Å². The molecule has 2 fully saturated rings. The lowest BCUT2D eigenvalue weighted by Gasteiger charge is -2.22. The first-order chi connectivity index (χ1) is 13.3. The predicted octanol–water partition coefficient (Wildman–Crippen LogP) is 4.46. The quantitative estimate of drug-likeness (QED) is 0.669. The molecule has 2 aliphatic rings. The molecule has 4 heterocycles. The number of fused-ring (bicyclic) bond motifs is 1. The number of benzene rings is 1. The van der Waals surface area contributed by atoms with Crippen LogP contribution in [0.3, 0.4) is 0 Å². The van der Waals surface area contributed by atoms with Gasteiger partial charge in [-0.1, -0.05) is 12.1 Å². The monoisotopic (exact) mass is 381 g/mol. The summed E-state index contributed by atoms with van der Waals surface area (Å²) < 4.78 is 7.09. The number of hydrogen-bond acceptors (Lipinski definition) is 5. The molecule has 2 saturated heterocycles. The van der Waals surface area contributed by atoms with Gasteiger partial charge in [0.1, 0.15) is 10.8 Å². The maximum absolute atomic E-state index is 13.1. The van der Waals surface area contributed by atoms with Gasteiger partial charge in [0, 0.05) is 6.54 Å². The average Bonchev–Trinajstić information content (AvgIpc) is 3.45. The topological polar surface area (TPSA) is 49.6 Å². The normalized spacial score (nSPS) is 20.7. The minimum absolute atomic E-state index is 0.00979. The van der Waals surface area contributed by atoms with Crippen molar-refractivity contribution in [2.75, 3.05) is 19.6 Å². The highest BCUT2D eigenvalue weighted by Gasteiger charge is 2.34. The van der Waals surface area contributed by atoms with Crippen LogP contribution in [-0.4, -0.2) is 40.3 Å². The molecule has 5 rings (SSSR count). The fraction of sp³-hybridized carbons (Fsp3) is 0.429. The highest BCUT2D eigenvalue weighted by molar-refractivity contribution is 7.18. The summed E-state index contributed by atoms with van der Waals surface area (Å²) in [6.45, 7) is 3.81. The first-order valence-corrected chi connectivity index (χ1v) is 10.6. The Morgan fingerprint density at radius 2 is 1.96 bits per heavy atom. The third-order valence-electron chi connectivity index (χ3n) is 5.56. The maximum Gasteiger partial charge on any atom is 0.290 e. The van der Waals surface area contributed by atoms with E-state index in [0.29, 0.717) is 5.76 Å². The van der Waals surface area contributed by atoms with Crippen molar-refractivity contribution < 1.29 is 9.21 Å². The van der Waals surface area contributed by atoms with Crippen LogP contribution in [0.15, 0.2) is 40.8 Å². The molecule has 0 radical (unpaired) electrons. The van der Waals surface area contributed by atoms with Crippen LogP contribution < -0.4 is 0 Å². The fourth-order valence-electron chi connectivity index (χ4n) is 4.18. The number of hydrogen-bond donors (Lipinski definition) is 0. The molecule has 1 aromatic carbocycles. The van der Waals surface area contributed by atoms with E-state index in [1.807, 2.05) is 35.2 Å². The first kappa shape index (κ1) is 17.0. The molecule has 1 amide bonds. The zero-order chi connectivity index (χ0) is 18.2. The molecule has 27 heavy (non-hydrogen) atoms. The summed E-state index contributed by atoms with van der Waals surface area (Å²) in [5.41, 5.74) is 1.02. The molecule has 0 bridgehead atoms. The smallest absolute Gasteiger partial charge is 0.290 e. The molecule has 2 aliphatic heterocycles. The Balaban J connectivity index is 1.35. The van der Waals surface area contributed by atoms with Crippen LogP contribution in [0.1, 0.15) is 53.0 Å². The van der Waals surface area contributed by atoms with Crippen molar-refractivity contribution in [2.45, 2.75) is 38.3 Å². The highest BCUT2D eigenvalue weighted by atomic mass is 32.1. The van der Waals surface area contributed by atoms with E-state index < -0.39 is 0 Å². The number of thiazole rings is 1. The first-order valence-electron chi connectivity index (χ1n) is 9.75. The SMILES string of the molecule is O=C(c1ccc(CN2CCCC2)o1)N1CCCC1c1nc2ccccc2s1. The maximum atomic E-state index is 13.1. The van der Waals surface area contributed by atoms with Gasteiger partial charge in [0.25, 0.3) is 5.91 Å². The summed E-state index contributed by atoms with van der Waals surface area (Å²) in [6, 6.07) is 12.0. The van der Waals surface area contributed by atoms with E-state index in [9.17, 15) is 4.79 Å². The van der Waals surface area contributed by atoms with Crippen LogP contribution in [0.4, 0.5) is 0 Å². The van der Waals surface area contributed by atoms with Crippen LogP contribution in [-0.2, 0) is 6.54 Å². The molecule has 0 N–H and O–H groups in total. The molecule has 1 unspecified atom stereocenters. The van der Waals surface area contributed by atoms with Gasteiger partial charge >= 0.3 is 0 Å². The minimum Gasteiger partial charge on any atom is -0.455 e. The Morgan fingerprint density at radius 1 is 1.11 bits per heavy atom. The highest BCUT2D eigenvalue weighted by Crippen LogP contribution is 2.37. The van der Waals surface area contributed by atoms with E-state index in [1.165, 1.54) is 17.5 Å². The number of aromatic nitrogens is 1. The van der Waals surface area contributed by atoms with Gasteiger partial charge in [0.2, 0.25) is 0 Å². The van der Waals surface area contributed by atoms with Crippen LogP contribution in [0.25, 0.3) is 10.2 Å². The van der Waals surface area contributed by atoms with Gasteiger partial charge in [0.15, 0.2) is 5.76 Å². The Labute approximate surface area is 162 Å². The number of likely N-dealkylation sites (tertiary alicyclic amines) is 2. The Kier molecular flexibility index (Phi) is 4.45. The lowest BCUT2D eigenvalue weighted by Crippen LogP contribution is -2.30. The summed E-state index contributed by atoms with van der Waals surface area (Å²) in [5, 5.41) is 1.03. The van der Waals surface area contributed by atoms with Crippen LogP contribution in [0.2, 0.25) is 0 Å². The molecule has 0 saturated carbocycles. The summed E-state index contributed by atoms with van der Waals surface area (Å²) in [6.07, 6.45) is 4.48. The van der Waals surface area contributed by atoms with Crippen LogP contribution in [0.5, 0.6) is 0 Å². The van der Waals surface area contributed by atoms with Crippen LogP contribution in [0, 0.1) is 0 Å². The fourth-order valence-corrected chi connectivity index (χ4v) is 5.29. The number of furan rings is 1. The minimum atomic E-state index is -0.00979. The van der Waals surface area contributed by atoms with Crippen molar-refractivity contribution >= 4 is 27.5 Å². The number of carbonyl (C=O) groups excluding carboxylic acids is 1. The van der Waals surface area contributed by atoms with E-state index in [2.05, 4.69) is 11.0 Å². The molecule has 5 nitrogen and oxygen atoms in total. The molecule has 0 aliphatic carbocycles. The average molecular weight is 382 g/mol. The van der Waals surface area contributed by atoms with E-state index >= 15 is 0 Å². The zero-order valence-corrected chi connectivity index (χ0v) is 16.1. The Morgan fingerprint density at radius 3 is 2.81 bits per heavy atom.